The van der Waals surface area contributed by atoms with Gasteiger partial charge in [0, 0.05) is 25.6 Å². The van der Waals surface area contributed by atoms with Gasteiger partial charge in [0.25, 0.3) is 5.56 Å². The van der Waals surface area contributed by atoms with Gasteiger partial charge in [0.15, 0.2) is 12.4 Å². The van der Waals surface area contributed by atoms with E-state index in [0.717, 1.165) is 0 Å². The van der Waals surface area contributed by atoms with Gasteiger partial charge in [-0.15, -0.1) is 10.2 Å². The molecule has 9 heteroatoms. The number of rotatable bonds is 3. The Labute approximate surface area is 179 Å². The number of amides is 1. The fourth-order valence-electron chi connectivity index (χ4n) is 4.03. The highest BCUT2D eigenvalue weighted by atomic mass is 16.5. The Bertz CT molecular complexity index is 1210. The lowest BCUT2D eigenvalue weighted by Gasteiger charge is -2.34. The van der Waals surface area contributed by atoms with Crippen LogP contribution in [0.2, 0.25) is 0 Å². The Morgan fingerprint density at radius 1 is 1.13 bits per heavy atom. The molecule has 0 bridgehead atoms. The molecule has 3 heterocycles. The second-order valence-electron chi connectivity index (χ2n) is 9.06. The van der Waals surface area contributed by atoms with Gasteiger partial charge >= 0.3 is 5.97 Å². The number of carbonyl (C=O) groups is 2. The third kappa shape index (κ3) is 3.80. The molecule has 2 aromatic heterocycles. The zero-order chi connectivity index (χ0) is 22.3. The van der Waals surface area contributed by atoms with Crippen molar-refractivity contribution in [2.45, 2.75) is 40.2 Å². The molecular formula is C22H27N5O4. The van der Waals surface area contributed by atoms with Crippen molar-refractivity contribution in [3.8, 4) is 0 Å². The molecule has 1 aliphatic rings. The van der Waals surface area contributed by atoms with E-state index in [1.807, 2.05) is 37.8 Å². The molecule has 4 rings (SSSR count). The van der Waals surface area contributed by atoms with Crippen LogP contribution >= 0.6 is 0 Å². The highest BCUT2D eigenvalue weighted by Crippen LogP contribution is 2.24. The van der Waals surface area contributed by atoms with Crippen LogP contribution in [0.15, 0.2) is 29.1 Å². The van der Waals surface area contributed by atoms with Crippen LogP contribution in [0.5, 0.6) is 0 Å². The van der Waals surface area contributed by atoms with Crippen LogP contribution in [0.3, 0.4) is 0 Å². The maximum Gasteiger partial charge on any atom is 0.309 e. The number of aryl methyl sites for hydroxylation is 1. The van der Waals surface area contributed by atoms with Gasteiger partial charge in [-0.05, 0) is 25.0 Å². The number of hydrogen-bond acceptors (Lipinski definition) is 6. The SMILES string of the molecule is Cn1c(=O)c2ccccc2n2c(COC(=O)C3CCN(C(=O)C(C)(C)C)CC3)nnc12. The van der Waals surface area contributed by atoms with Gasteiger partial charge in [0.05, 0.1) is 16.8 Å². The van der Waals surface area contributed by atoms with E-state index in [2.05, 4.69) is 10.2 Å². The molecule has 31 heavy (non-hydrogen) atoms. The molecular weight excluding hydrogens is 398 g/mol. The van der Waals surface area contributed by atoms with E-state index in [9.17, 15) is 14.4 Å². The highest BCUT2D eigenvalue weighted by Gasteiger charge is 2.33. The standard InChI is InChI=1S/C22H27N5O4/c1-22(2,3)20(30)26-11-9-14(10-12-26)19(29)31-13-17-23-24-21-25(4)18(28)15-7-5-6-8-16(15)27(17)21/h5-8,14H,9-13H2,1-4H3. The monoisotopic (exact) mass is 425 g/mol. The molecule has 1 saturated heterocycles. The number of benzene rings is 1. The average Bonchev–Trinajstić information content (AvgIpc) is 3.19. The van der Waals surface area contributed by atoms with Crippen molar-refractivity contribution in [3.05, 3.63) is 40.4 Å². The third-order valence-electron chi connectivity index (χ3n) is 5.79. The first kappa shape index (κ1) is 21.0. The van der Waals surface area contributed by atoms with E-state index >= 15 is 0 Å². The number of hydrogen-bond donors (Lipinski definition) is 0. The summed E-state index contributed by atoms with van der Waals surface area (Å²) in [6.45, 7) is 6.77. The first-order chi connectivity index (χ1) is 14.7. The number of likely N-dealkylation sites (tertiary alicyclic amines) is 1. The molecule has 0 aliphatic carbocycles. The molecule has 1 amide bonds. The second kappa shape index (κ2) is 7.79. The smallest absolute Gasteiger partial charge is 0.309 e. The van der Waals surface area contributed by atoms with Gasteiger partial charge in [-0.25, -0.2) is 0 Å². The van der Waals surface area contributed by atoms with Crippen LogP contribution in [0, 0.1) is 11.3 Å². The number of para-hydroxylation sites is 1. The molecule has 3 aromatic rings. The lowest BCUT2D eigenvalue weighted by Crippen LogP contribution is -2.45. The molecule has 1 fully saturated rings. The van der Waals surface area contributed by atoms with Crippen molar-refractivity contribution >= 4 is 28.6 Å². The van der Waals surface area contributed by atoms with E-state index in [1.54, 1.807) is 23.6 Å². The summed E-state index contributed by atoms with van der Waals surface area (Å²) in [4.78, 5) is 39.4. The molecule has 0 radical (unpaired) electrons. The topological polar surface area (TPSA) is 98.8 Å². The number of nitrogens with zero attached hydrogens (tertiary/aromatic N) is 5. The first-order valence-corrected chi connectivity index (χ1v) is 10.5. The van der Waals surface area contributed by atoms with Gasteiger partial charge in [-0.3, -0.25) is 23.4 Å². The molecule has 1 aliphatic heterocycles. The zero-order valence-corrected chi connectivity index (χ0v) is 18.3. The number of aromatic nitrogens is 4. The number of piperidine rings is 1. The van der Waals surface area contributed by atoms with E-state index in [1.165, 1.54) is 4.57 Å². The summed E-state index contributed by atoms with van der Waals surface area (Å²) in [5, 5.41) is 8.80. The van der Waals surface area contributed by atoms with Crippen LogP contribution in [0.4, 0.5) is 0 Å². The summed E-state index contributed by atoms with van der Waals surface area (Å²) < 4.78 is 8.74. The Morgan fingerprint density at radius 2 is 1.81 bits per heavy atom. The van der Waals surface area contributed by atoms with Crippen molar-refractivity contribution in [1.29, 1.82) is 0 Å². The fourth-order valence-corrected chi connectivity index (χ4v) is 4.03. The summed E-state index contributed by atoms with van der Waals surface area (Å²) in [6, 6.07) is 7.21. The lowest BCUT2D eigenvalue weighted by molar-refractivity contribution is -0.154. The van der Waals surface area contributed by atoms with Crippen LogP contribution < -0.4 is 5.56 Å². The quantitative estimate of drug-likeness (QED) is 0.595. The summed E-state index contributed by atoms with van der Waals surface area (Å²) in [7, 11) is 1.64. The zero-order valence-electron chi connectivity index (χ0n) is 18.3. The Morgan fingerprint density at radius 3 is 2.48 bits per heavy atom. The maximum absolute atomic E-state index is 12.6. The molecule has 0 unspecified atom stereocenters. The number of esters is 1. The Balaban J connectivity index is 1.48. The van der Waals surface area contributed by atoms with Gasteiger partial charge in [-0.2, -0.15) is 0 Å². The van der Waals surface area contributed by atoms with Crippen LogP contribution in [0.1, 0.15) is 39.4 Å². The Kier molecular flexibility index (Phi) is 5.28. The molecule has 0 N–H and O–H groups in total. The normalized spacial score (nSPS) is 15.5. The fraction of sp³-hybridized carbons (Fsp3) is 0.500. The van der Waals surface area contributed by atoms with E-state index in [-0.39, 0.29) is 30.0 Å². The summed E-state index contributed by atoms with van der Waals surface area (Å²) >= 11 is 0. The van der Waals surface area contributed by atoms with Crippen molar-refractivity contribution in [1.82, 2.24) is 24.1 Å². The van der Waals surface area contributed by atoms with E-state index in [4.69, 9.17) is 4.74 Å². The highest BCUT2D eigenvalue weighted by molar-refractivity contribution is 5.82. The van der Waals surface area contributed by atoms with Crippen molar-refractivity contribution in [2.75, 3.05) is 13.1 Å². The van der Waals surface area contributed by atoms with Gasteiger partial charge in [-0.1, -0.05) is 32.9 Å². The lowest BCUT2D eigenvalue weighted by atomic mass is 9.91. The summed E-state index contributed by atoms with van der Waals surface area (Å²) in [6.07, 6.45) is 1.16. The van der Waals surface area contributed by atoms with Crippen LogP contribution in [-0.2, 0) is 28.0 Å². The molecule has 1 aromatic carbocycles. The predicted molar refractivity (Wildman–Crippen MR) is 114 cm³/mol. The van der Waals surface area contributed by atoms with E-state index in [0.29, 0.717) is 48.4 Å². The molecule has 0 spiro atoms. The minimum atomic E-state index is -0.426. The van der Waals surface area contributed by atoms with Gasteiger partial charge < -0.3 is 9.64 Å². The minimum absolute atomic E-state index is 0.0384. The molecule has 0 saturated carbocycles. The van der Waals surface area contributed by atoms with E-state index < -0.39 is 5.41 Å². The van der Waals surface area contributed by atoms with Gasteiger partial charge in [0.1, 0.15) is 0 Å². The molecule has 0 atom stereocenters. The number of ether oxygens (including phenoxy) is 1. The molecule has 164 valence electrons. The van der Waals surface area contributed by atoms with Gasteiger partial charge in [0.2, 0.25) is 11.7 Å². The number of carbonyl (C=O) groups excluding carboxylic acids is 2. The largest absolute Gasteiger partial charge is 0.457 e. The molecule has 9 nitrogen and oxygen atoms in total. The second-order valence-corrected chi connectivity index (χ2v) is 9.06. The third-order valence-corrected chi connectivity index (χ3v) is 5.79. The van der Waals surface area contributed by atoms with Crippen molar-refractivity contribution in [2.24, 2.45) is 18.4 Å². The van der Waals surface area contributed by atoms with Crippen molar-refractivity contribution < 1.29 is 14.3 Å². The van der Waals surface area contributed by atoms with Crippen molar-refractivity contribution in [3.63, 3.8) is 0 Å². The minimum Gasteiger partial charge on any atom is -0.457 e. The predicted octanol–water partition coefficient (Wildman–Crippen LogP) is 1.91. The Hall–Kier alpha value is -3.23. The average molecular weight is 425 g/mol. The van der Waals surface area contributed by atoms with Crippen LogP contribution in [-0.4, -0.2) is 49.0 Å². The van der Waals surface area contributed by atoms with Crippen LogP contribution in [0.25, 0.3) is 16.7 Å². The first-order valence-electron chi connectivity index (χ1n) is 10.5. The maximum atomic E-state index is 12.6. The summed E-state index contributed by atoms with van der Waals surface area (Å²) in [5.74, 6) is 0.407. The number of fused-ring (bicyclic) bond motifs is 3. The summed E-state index contributed by atoms with van der Waals surface area (Å²) in [5.41, 5.74) is 0.0894.